The molecular formula is C16H19ClN4O. The minimum atomic E-state index is 0. The van der Waals surface area contributed by atoms with Gasteiger partial charge in [0.25, 0.3) is 0 Å². The third-order valence-electron chi connectivity index (χ3n) is 3.81. The van der Waals surface area contributed by atoms with Crippen LogP contribution >= 0.6 is 12.4 Å². The highest BCUT2D eigenvalue weighted by Crippen LogP contribution is 2.30. The Hall–Kier alpha value is -2.11. The zero-order valence-electron chi connectivity index (χ0n) is 12.3. The van der Waals surface area contributed by atoms with Crippen LogP contribution in [-0.2, 0) is 0 Å². The van der Waals surface area contributed by atoms with E-state index in [0.29, 0.717) is 0 Å². The summed E-state index contributed by atoms with van der Waals surface area (Å²) in [6.07, 6.45) is 1.25. The van der Waals surface area contributed by atoms with Gasteiger partial charge < -0.3 is 15.4 Å². The van der Waals surface area contributed by atoms with Gasteiger partial charge >= 0.3 is 0 Å². The van der Waals surface area contributed by atoms with Gasteiger partial charge in [-0.25, -0.2) is 9.97 Å². The smallest absolute Gasteiger partial charge is 0.156 e. The molecule has 0 radical (unpaired) electrons. The number of aromatic nitrogens is 3. The number of aromatic amines is 1. The zero-order chi connectivity index (χ0) is 13.5. The van der Waals surface area contributed by atoms with E-state index < -0.39 is 0 Å². The Morgan fingerprint density at radius 1 is 1.09 bits per heavy atom. The first-order valence-corrected chi connectivity index (χ1v) is 6.99. The number of benzene rings is 1. The number of hydrogen-bond donors (Lipinski definition) is 1. The fourth-order valence-corrected chi connectivity index (χ4v) is 2.64. The standard InChI is InChI=1S/C16H16N4.ClH.H2O/c1-11-17-14-10-13(12-6-3-2-4-7-12)19-15(14)16(18-11)20-8-5-9-20;;/h2-4,6-7,10,19H,5,8-9H2,1H3;1H;1H2. The molecule has 116 valence electrons. The molecule has 0 saturated carbocycles. The topological polar surface area (TPSA) is 76.3 Å². The third-order valence-corrected chi connectivity index (χ3v) is 3.81. The molecule has 1 saturated heterocycles. The van der Waals surface area contributed by atoms with Crippen molar-refractivity contribution in [1.82, 2.24) is 15.0 Å². The molecule has 1 aliphatic heterocycles. The van der Waals surface area contributed by atoms with Gasteiger partial charge in [0.05, 0.1) is 5.52 Å². The van der Waals surface area contributed by atoms with Crippen molar-refractivity contribution in [3.8, 4) is 11.3 Å². The van der Waals surface area contributed by atoms with E-state index in [-0.39, 0.29) is 17.9 Å². The highest BCUT2D eigenvalue weighted by atomic mass is 35.5. The van der Waals surface area contributed by atoms with E-state index in [2.05, 4.69) is 38.1 Å². The second-order valence-electron chi connectivity index (χ2n) is 5.24. The Balaban J connectivity index is 0.000000882. The van der Waals surface area contributed by atoms with Gasteiger partial charge in [-0.15, -0.1) is 12.4 Å². The molecule has 6 heteroatoms. The maximum absolute atomic E-state index is 4.61. The van der Waals surface area contributed by atoms with E-state index >= 15 is 0 Å². The average molecular weight is 319 g/mol. The van der Waals surface area contributed by atoms with Gasteiger partial charge in [-0.1, -0.05) is 30.3 Å². The summed E-state index contributed by atoms with van der Waals surface area (Å²) in [5, 5.41) is 0. The molecule has 0 spiro atoms. The molecule has 0 bridgehead atoms. The van der Waals surface area contributed by atoms with Crippen molar-refractivity contribution in [1.29, 1.82) is 0 Å². The Labute approximate surface area is 135 Å². The van der Waals surface area contributed by atoms with Crippen molar-refractivity contribution < 1.29 is 5.48 Å². The molecule has 3 aromatic rings. The van der Waals surface area contributed by atoms with Crippen molar-refractivity contribution in [2.75, 3.05) is 18.0 Å². The molecule has 0 aliphatic carbocycles. The molecular weight excluding hydrogens is 300 g/mol. The van der Waals surface area contributed by atoms with Gasteiger partial charge in [0.2, 0.25) is 0 Å². The van der Waals surface area contributed by atoms with Gasteiger partial charge in [0.15, 0.2) is 5.82 Å². The Bertz CT molecular complexity index is 768. The van der Waals surface area contributed by atoms with Crippen LogP contribution in [-0.4, -0.2) is 33.5 Å². The molecule has 1 fully saturated rings. The summed E-state index contributed by atoms with van der Waals surface area (Å²) in [6, 6.07) is 12.5. The summed E-state index contributed by atoms with van der Waals surface area (Å²) in [4.78, 5) is 15.0. The lowest BCUT2D eigenvalue weighted by Crippen LogP contribution is -2.38. The number of rotatable bonds is 2. The zero-order valence-corrected chi connectivity index (χ0v) is 13.2. The second kappa shape index (κ2) is 6.34. The van der Waals surface area contributed by atoms with E-state index in [1.54, 1.807) is 0 Å². The van der Waals surface area contributed by atoms with Gasteiger partial charge in [0.1, 0.15) is 11.3 Å². The van der Waals surface area contributed by atoms with Gasteiger partial charge in [0, 0.05) is 18.8 Å². The molecule has 1 aromatic carbocycles. The van der Waals surface area contributed by atoms with Crippen LogP contribution in [0.3, 0.4) is 0 Å². The molecule has 1 aliphatic rings. The van der Waals surface area contributed by atoms with E-state index in [1.165, 1.54) is 12.0 Å². The summed E-state index contributed by atoms with van der Waals surface area (Å²) >= 11 is 0. The quantitative estimate of drug-likeness (QED) is 0.789. The van der Waals surface area contributed by atoms with E-state index in [1.807, 2.05) is 25.1 Å². The molecule has 4 rings (SSSR count). The number of hydrogen-bond acceptors (Lipinski definition) is 3. The Morgan fingerprint density at radius 3 is 2.45 bits per heavy atom. The van der Waals surface area contributed by atoms with Gasteiger partial charge in [-0.3, -0.25) is 0 Å². The van der Waals surface area contributed by atoms with Crippen LogP contribution in [0.25, 0.3) is 22.3 Å². The molecule has 3 heterocycles. The predicted molar refractivity (Wildman–Crippen MR) is 91.8 cm³/mol. The van der Waals surface area contributed by atoms with Crippen molar-refractivity contribution in [3.63, 3.8) is 0 Å². The molecule has 2 aromatic heterocycles. The summed E-state index contributed by atoms with van der Waals surface area (Å²) in [5.41, 5.74) is 4.33. The van der Waals surface area contributed by atoms with Crippen molar-refractivity contribution in [2.45, 2.75) is 13.3 Å². The number of nitrogens with zero attached hydrogens (tertiary/aromatic N) is 3. The lowest BCUT2D eigenvalue weighted by Gasteiger charge is -2.32. The van der Waals surface area contributed by atoms with Crippen LogP contribution in [0.1, 0.15) is 12.2 Å². The molecule has 0 unspecified atom stereocenters. The van der Waals surface area contributed by atoms with Crippen LogP contribution in [0.2, 0.25) is 0 Å². The lowest BCUT2D eigenvalue weighted by molar-refractivity contribution is 0.610. The first-order chi connectivity index (χ1) is 9.81. The number of fused-ring (bicyclic) bond motifs is 1. The highest BCUT2D eigenvalue weighted by Gasteiger charge is 2.20. The van der Waals surface area contributed by atoms with Gasteiger partial charge in [-0.05, 0) is 25.0 Å². The van der Waals surface area contributed by atoms with Gasteiger partial charge in [-0.2, -0.15) is 0 Å². The maximum atomic E-state index is 4.61. The normalized spacial score (nSPS) is 13.2. The monoisotopic (exact) mass is 318 g/mol. The molecule has 3 N–H and O–H groups in total. The minimum absolute atomic E-state index is 0. The average Bonchev–Trinajstić information content (AvgIpc) is 2.81. The maximum Gasteiger partial charge on any atom is 0.156 e. The first kappa shape index (κ1) is 16.3. The van der Waals surface area contributed by atoms with Crippen LogP contribution in [0, 0.1) is 6.92 Å². The molecule has 5 nitrogen and oxygen atoms in total. The van der Waals surface area contributed by atoms with E-state index in [0.717, 1.165) is 41.5 Å². The number of anilines is 1. The number of nitrogens with one attached hydrogen (secondary N) is 1. The van der Waals surface area contributed by atoms with Crippen molar-refractivity contribution in [2.24, 2.45) is 0 Å². The predicted octanol–water partition coefficient (Wildman–Crippen LogP) is 2.74. The second-order valence-corrected chi connectivity index (χ2v) is 5.24. The third kappa shape index (κ3) is 2.65. The molecule has 0 amide bonds. The van der Waals surface area contributed by atoms with Crippen molar-refractivity contribution >= 4 is 29.3 Å². The highest BCUT2D eigenvalue weighted by molar-refractivity contribution is 5.91. The Kier molecular flexibility index (Phi) is 4.68. The fraction of sp³-hybridized carbons (Fsp3) is 0.250. The number of H-pyrrole nitrogens is 1. The summed E-state index contributed by atoms with van der Waals surface area (Å²) in [7, 11) is 0. The van der Waals surface area contributed by atoms with Crippen LogP contribution < -0.4 is 4.90 Å². The lowest BCUT2D eigenvalue weighted by atomic mass is 10.2. The molecule has 0 atom stereocenters. The molecule has 22 heavy (non-hydrogen) atoms. The van der Waals surface area contributed by atoms with Crippen LogP contribution in [0.4, 0.5) is 5.82 Å². The van der Waals surface area contributed by atoms with Crippen molar-refractivity contribution in [3.05, 3.63) is 42.2 Å². The summed E-state index contributed by atoms with van der Waals surface area (Å²) in [5.74, 6) is 1.87. The number of aryl methyl sites for hydroxylation is 1. The fourth-order valence-electron chi connectivity index (χ4n) is 2.64. The van der Waals surface area contributed by atoms with E-state index in [9.17, 15) is 0 Å². The van der Waals surface area contributed by atoms with Crippen LogP contribution in [0.5, 0.6) is 0 Å². The SMILES string of the molecule is Cc1nc(N2CCC2)c2[nH]c(-c3ccccc3)cc2n1.Cl.O. The largest absolute Gasteiger partial charge is 0.412 e. The van der Waals surface area contributed by atoms with E-state index in [4.69, 9.17) is 0 Å². The van der Waals surface area contributed by atoms with Crippen LogP contribution in [0.15, 0.2) is 36.4 Å². The summed E-state index contributed by atoms with van der Waals surface area (Å²) < 4.78 is 0. The number of halogens is 1. The minimum Gasteiger partial charge on any atom is -0.412 e. The summed E-state index contributed by atoms with van der Waals surface area (Å²) in [6.45, 7) is 4.13. The first-order valence-electron chi connectivity index (χ1n) is 6.99. The Morgan fingerprint density at radius 2 is 1.82 bits per heavy atom.